The van der Waals surface area contributed by atoms with Gasteiger partial charge in [0.05, 0.1) is 46.3 Å². The van der Waals surface area contributed by atoms with Crippen LogP contribution in [0.4, 0.5) is 28.8 Å². The normalized spacial score (nSPS) is 17.8. The van der Waals surface area contributed by atoms with Gasteiger partial charge in [-0.05, 0) is 109 Å². The monoisotopic (exact) mass is 1070 g/mol. The van der Waals surface area contributed by atoms with Crippen LogP contribution in [0.15, 0.2) is 71.6 Å². The molecular formula is C52H70BrN10O6PSi. The molecule has 3 fully saturated rings. The number of hydrogen-bond donors (Lipinski definition) is 2. The minimum Gasteiger partial charge on any atom is -0.494 e. The lowest BCUT2D eigenvalue weighted by Gasteiger charge is -2.43. The van der Waals surface area contributed by atoms with Crippen LogP contribution in [0.2, 0.25) is 25.7 Å². The summed E-state index contributed by atoms with van der Waals surface area (Å²) in [6, 6.07) is 17.4. The molecule has 0 aliphatic carbocycles. The number of piperidine rings is 2. The van der Waals surface area contributed by atoms with E-state index < -0.39 is 15.2 Å². The van der Waals surface area contributed by atoms with E-state index in [1.54, 1.807) is 39.0 Å². The van der Waals surface area contributed by atoms with Gasteiger partial charge in [-0.2, -0.15) is 4.98 Å². The highest BCUT2D eigenvalue weighted by atomic mass is 79.9. The minimum absolute atomic E-state index is 0.0352. The number of carbonyl (C=O) groups is 2. The smallest absolute Gasteiger partial charge is 0.238 e. The summed E-state index contributed by atoms with van der Waals surface area (Å²) < 4.78 is 32.1. The molecule has 2 amide bonds. The highest BCUT2D eigenvalue weighted by Crippen LogP contribution is 2.42. The van der Waals surface area contributed by atoms with Crippen LogP contribution in [0.3, 0.4) is 0 Å². The molecule has 8 rings (SSSR count). The van der Waals surface area contributed by atoms with Crippen molar-refractivity contribution in [1.29, 1.82) is 0 Å². The fourth-order valence-electron chi connectivity index (χ4n) is 9.80. The molecule has 0 bridgehead atoms. The Bertz CT molecular complexity index is 2710. The van der Waals surface area contributed by atoms with Gasteiger partial charge < -0.3 is 39.2 Å². The molecule has 5 aromatic rings. The van der Waals surface area contributed by atoms with Crippen LogP contribution in [0, 0.1) is 0 Å². The van der Waals surface area contributed by atoms with Crippen molar-refractivity contribution in [2.45, 2.75) is 83.1 Å². The second-order valence-corrected chi connectivity index (χ2v) is 30.0. The zero-order valence-electron chi connectivity index (χ0n) is 42.4. The van der Waals surface area contributed by atoms with E-state index in [9.17, 15) is 14.2 Å². The van der Waals surface area contributed by atoms with Gasteiger partial charge in [-0.25, -0.2) is 4.98 Å². The van der Waals surface area contributed by atoms with Crippen molar-refractivity contribution in [3.8, 4) is 11.5 Å². The number of imide groups is 1. The van der Waals surface area contributed by atoms with Crippen molar-refractivity contribution in [3.05, 3.63) is 82.7 Å². The molecule has 0 radical (unpaired) electrons. The number of carbonyl (C=O) groups excluding carboxylic acids is 2. The molecular weight excluding hydrogens is 1000 g/mol. The van der Waals surface area contributed by atoms with E-state index in [2.05, 4.69) is 94.9 Å². The molecule has 0 saturated carbocycles. The highest BCUT2D eigenvalue weighted by Gasteiger charge is 2.36. The number of rotatable bonds is 20. The van der Waals surface area contributed by atoms with Crippen LogP contribution in [-0.4, -0.2) is 147 Å². The quantitative estimate of drug-likeness (QED) is 0.0328. The van der Waals surface area contributed by atoms with Gasteiger partial charge in [0.25, 0.3) is 0 Å². The topological polar surface area (TPSA) is 167 Å². The van der Waals surface area contributed by atoms with Crippen molar-refractivity contribution >= 4 is 88.1 Å². The summed E-state index contributed by atoms with van der Waals surface area (Å²) in [6.07, 6.45) is 9.80. The number of aryl methyl sites for hydroxylation is 1. The highest BCUT2D eigenvalue weighted by molar-refractivity contribution is 9.10. The van der Waals surface area contributed by atoms with E-state index in [0.29, 0.717) is 76.1 Å². The maximum Gasteiger partial charge on any atom is 0.238 e. The first-order valence-corrected chi connectivity index (χ1v) is 32.1. The number of methoxy groups -OCH3 is 1. The molecule has 1 atom stereocenters. The van der Waals surface area contributed by atoms with Crippen molar-refractivity contribution in [1.82, 2.24) is 34.6 Å². The van der Waals surface area contributed by atoms with E-state index in [1.807, 2.05) is 36.4 Å². The summed E-state index contributed by atoms with van der Waals surface area (Å²) in [5, 5.41) is 7.42. The summed E-state index contributed by atoms with van der Waals surface area (Å²) in [7, 11) is -2.34. The first-order valence-electron chi connectivity index (χ1n) is 25.0. The summed E-state index contributed by atoms with van der Waals surface area (Å²) in [4.78, 5) is 53.3. The van der Waals surface area contributed by atoms with Gasteiger partial charge in [-0.15, -0.1) is 0 Å². The Hall–Kier alpha value is -4.97. The van der Waals surface area contributed by atoms with E-state index in [0.717, 1.165) is 94.5 Å². The first-order chi connectivity index (χ1) is 34.1. The number of likely N-dealkylation sites (tertiary alicyclic amines) is 1. The number of ether oxygens (including phenoxy) is 3. The summed E-state index contributed by atoms with van der Waals surface area (Å²) in [5.74, 6) is 1.73. The van der Waals surface area contributed by atoms with Crippen LogP contribution < -0.4 is 30.3 Å². The molecule has 2 N–H and O–H groups in total. The lowest BCUT2D eigenvalue weighted by molar-refractivity contribution is -0.155. The van der Waals surface area contributed by atoms with E-state index >= 15 is 0 Å². The minimum atomic E-state index is -2.77. The van der Waals surface area contributed by atoms with Crippen LogP contribution in [-0.2, 0) is 25.3 Å². The molecule has 5 heterocycles. The third-order valence-electron chi connectivity index (χ3n) is 13.8. The zero-order chi connectivity index (χ0) is 50.3. The Labute approximate surface area is 428 Å². The summed E-state index contributed by atoms with van der Waals surface area (Å²) >= 11 is 3.61. The molecule has 2 aromatic heterocycles. The fraction of sp³-hybridized carbons (Fsp3) is 0.500. The number of hydrogen-bond acceptors (Lipinski definition) is 15. The van der Waals surface area contributed by atoms with Crippen molar-refractivity contribution < 1.29 is 28.4 Å². The number of fused-ring (bicyclic) bond motifs is 1. The number of piperazine rings is 1. The number of nitrogens with zero attached hydrogens (tertiary/aromatic N) is 8. The Morgan fingerprint density at radius 3 is 2.32 bits per heavy atom. The molecule has 3 saturated heterocycles. The van der Waals surface area contributed by atoms with E-state index in [-0.39, 0.29) is 24.5 Å². The van der Waals surface area contributed by atoms with Gasteiger partial charge in [-0.1, -0.05) is 38.7 Å². The Morgan fingerprint density at radius 1 is 0.873 bits per heavy atom. The zero-order valence-corrected chi connectivity index (χ0v) is 45.9. The largest absolute Gasteiger partial charge is 0.494 e. The third-order valence-corrected chi connectivity index (χ3v) is 17.6. The average Bonchev–Trinajstić information content (AvgIpc) is 3.35. The second kappa shape index (κ2) is 23.3. The standard InChI is InChI=1S/C52H70BrN10O6PSi/c1-8-36-32-44(58-52-56-34-41(53)50(59-52)57-43-16-15-42-48(55-21-20-54-42)49(43)70(3,4)66)46(67-2)33-45(36)62-23-18-38(19-24-62)61-27-25-60(26-28-61)22-9-29-69-39-12-10-37(11-13-39)40-14-17-47(64)63(51(40)65)35-68-30-31-71(5,6)7/h10-13,15-16,20-21,32-34,38,40H,8-9,14,17-19,22-31,35H2,1-7H3,(H2,56,57,58,59). The number of halogens is 1. The van der Waals surface area contributed by atoms with Gasteiger partial charge in [0, 0.05) is 103 Å². The maximum atomic E-state index is 13.6. The van der Waals surface area contributed by atoms with Gasteiger partial charge in [0.15, 0.2) is 0 Å². The van der Waals surface area contributed by atoms with Crippen LogP contribution in [0.5, 0.6) is 11.5 Å². The van der Waals surface area contributed by atoms with E-state index in [1.165, 1.54) is 16.2 Å². The average molecular weight is 1070 g/mol. The molecule has 19 heteroatoms. The Kier molecular flexibility index (Phi) is 17.2. The van der Waals surface area contributed by atoms with Gasteiger partial charge in [0.2, 0.25) is 17.8 Å². The van der Waals surface area contributed by atoms with Crippen LogP contribution >= 0.6 is 23.1 Å². The van der Waals surface area contributed by atoms with Crippen molar-refractivity contribution in [2.24, 2.45) is 0 Å². The third kappa shape index (κ3) is 13.2. The van der Waals surface area contributed by atoms with Crippen molar-refractivity contribution in [3.63, 3.8) is 0 Å². The molecule has 71 heavy (non-hydrogen) atoms. The molecule has 16 nitrogen and oxygen atoms in total. The number of amides is 2. The molecule has 0 spiro atoms. The van der Waals surface area contributed by atoms with Gasteiger partial charge >= 0.3 is 0 Å². The fourth-order valence-corrected chi connectivity index (χ4v) is 12.2. The van der Waals surface area contributed by atoms with Crippen LogP contribution in [0.25, 0.3) is 11.0 Å². The number of benzene rings is 3. The lowest BCUT2D eigenvalue weighted by Crippen LogP contribution is -2.53. The van der Waals surface area contributed by atoms with Gasteiger partial charge in [-0.3, -0.25) is 29.4 Å². The molecule has 380 valence electrons. The molecule has 3 aliphatic rings. The summed E-state index contributed by atoms with van der Waals surface area (Å²) in [6.45, 7) is 20.9. The molecule has 1 unspecified atom stereocenters. The van der Waals surface area contributed by atoms with Crippen molar-refractivity contribution in [2.75, 3.05) is 102 Å². The molecule has 3 aliphatic heterocycles. The predicted molar refractivity (Wildman–Crippen MR) is 290 cm³/mol. The number of aromatic nitrogens is 4. The van der Waals surface area contributed by atoms with E-state index in [4.69, 9.17) is 19.2 Å². The van der Waals surface area contributed by atoms with Crippen LogP contribution in [0.1, 0.15) is 56.1 Å². The predicted octanol–water partition coefficient (Wildman–Crippen LogP) is 9.09. The Morgan fingerprint density at radius 2 is 1.62 bits per heavy atom. The SMILES string of the molecule is CCc1cc(Nc2ncc(Br)c(Nc3ccc4nccnc4c3P(C)(C)=O)n2)c(OC)cc1N1CCC(N2CCN(CCCOc3ccc(C4CCC(=O)N(COCC[Si](C)(C)C)C4=O)cc3)CC2)CC1. The lowest BCUT2D eigenvalue weighted by atomic mass is 9.89. The number of anilines is 5. The number of nitrogens with one attached hydrogen (secondary N) is 2. The Balaban J connectivity index is 0.786. The first kappa shape index (κ1) is 52.4. The van der Waals surface area contributed by atoms with Gasteiger partial charge in [0.1, 0.15) is 36.7 Å². The maximum absolute atomic E-state index is 13.6. The second-order valence-electron chi connectivity index (χ2n) is 20.4. The molecule has 3 aromatic carbocycles. The summed E-state index contributed by atoms with van der Waals surface area (Å²) in [5.41, 5.74) is 6.03.